The number of nitrogens with one attached hydrogen (secondary N) is 1. The van der Waals surface area contributed by atoms with Gasteiger partial charge < -0.3 is 5.32 Å². The maximum atomic E-state index is 13.1. The zero-order valence-corrected chi connectivity index (χ0v) is 13.1. The van der Waals surface area contributed by atoms with Crippen molar-refractivity contribution < 1.29 is 4.39 Å². The van der Waals surface area contributed by atoms with E-state index >= 15 is 0 Å². The average Bonchev–Trinajstić information content (AvgIpc) is 2.46. The van der Waals surface area contributed by atoms with Gasteiger partial charge in [-0.3, -0.25) is 0 Å². The molecular formula is C19H24FN. The molecule has 0 saturated carbocycles. The highest BCUT2D eigenvalue weighted by molar-refractivity contribution is 5.53. The highest BCUT2D eigenvalue weighted by Crippen LogP contribution is 2.27. The molecule has 1 N–H and O–H groups in total. The maximum Gasteiger partial charge on any atom is 0.123 e. The normalized spacial score (nSPS) is 12.2. The molecule has 2 rings (SSSR count). The van der Waals surface area contributed by atoms with Crippen LogP contribution in [0.2, 0.25) is 0 Å². The van der Waals surface area contributed by atoms with Crippen LogP contribution in [0.3, 0.4) is 0 Å². The number of hydrogen-bond donors (Lipinski definition) is 1. The lowest BCUT2D eigenvalue weighted by Gasteiger charge is -2.22. The second-order valence-corrected chi connectivity index (χ2v) is 5.71. The summed E-state index contributed by atoms with van der Waals surface area (Å²) in [6.07, 6.45) is 3.36. The van der Waals surface area contributed by atoms with Gasteiger partial charge in [-0.25, -0.2) is 4.39 Å². The standard InChI is InChI=1S/C19H24FN/c1-4-5-6-19(16-8-10-17(20)11-9-16)21-18-12-7-14(2)13-15(18)3/h7-13,19,21H,4-6H2,1-3H3. The Labute approximate surface area is 127 Å². The second kappa shape index (κ2) is 7.26. The summed E-state index contributed by atoms with van der Waals surface area (Å²) in [5, 5.41) is 3.62. The molecule has 0 aliphatic rings. The fourth-order valence-electron chi connectivity index (χ4n) is 2.59. The first-order chi connectivity index (χ1) is 10.1. The lowest BCUT2D eigenvalue weighted by molar-refractivity contribution is 0.616. The summed E-state index contributed by atoms with van der Waals surface area (Å²) in [6, 6.07) is 13.5. The molecule has 1 nitrogen and oxygen atoms in total. The minimum Gasteiger partial charge on any atom is -0.378 e. The molecule has 0 saturated heterocycles. The van der Waals surface area contributed by atoms with E-state index in [-0.39, 0.29) is 11.9 Å². The van der Waals surface area contributed by atoms with Crippen LogP contribution in [0.1, 0.15) is 48.9 Å². The van der Waals surface area contributed by atoms with Crippen LogP contribution < -0.4 is 5.32 Å². The molecule has 0 aliphatic heterocycles. The lowest BCUT2D eigenvalue weighted by Crippen LogP contribution is -2.11. The number of hydrogen-bond acceptors (Lipinski definition) is 1. The summed E-state index contributed by atoms with van der Waals surface area (Å²) >= 11 is 0. The van der Waals surface area contributed by atoms with E-state index < -0.39 is 0 Å². The predicted octanol–water partition coefficient (Wildman–Crippen LogP) is 5.79. The fraction of sp³-hybridized carbons (Fsp3) is 0.368. The van der Waals surface area contributed by atoms with Crippen molar-refractivity contribution in [3.05, 3.63) is 65.0 Å². The zero-order chi connectivity index (χ0) is 15.2. The van der Waals surface area contributed by atoms with Gasteiger partial charge in [-0.1, -0.05) is 49.6 Å². The van der Waals surface area contributed by atoms with Crippen molar-refractivity contribution in [3.63, 3.8) is 0 Å². The van der Waals surface area contributed by atoms with E-state index in [9.17, 15) is 4.39 Å². The van der Waals surface area contributed by atoms with Gasteiger partial charge in [-0.05, 0) is 49.6 Å². The number of unbranched alkanes of at least 4 members (excludes halogenated alkanes) is 1. The van der Waals surface area contributed by atoms with Crippen LogP contribution >= 0.6 is 0 Å². The van der Waals surface area contributed by atoms with Gasteiger partial charge in [0.2, 0.25) is 0 Å². The largest absolute Gasteiger partial charge is 0.378 e. The summed E-state index contributed by atoms with van der Waals surface area (Å²) in [6.45, 7) is 6.42. The van der Waals surface area contributed by atoms with E-state index in [4.69, 9.17) is 0 Å². The van der Waals surface area contributed by atoms with Crippen molar-refractivity contribution in [2.24, 2.45) is 0 Å². The molecule has 21 heavy (non-hydrogen) atoms. The summed E-state index contributed by atoms with van der Waals surface area (Å²) < 4.78 is 13.1. The van der Waals surface area contributed by atoms with Gasteiger partial charge in [0.25, 0.3) is 0 Å². The highest BCUT2D eigenvalue weighted by atomic mass is 19.1. The molecule has 2 aromatic carbocycles. The van der Waals surface area contributed by atoms with Crippen molar-refractivity contribution >= 4 is 5.69 Å². The first-order valence-corrected chi connectivity index (χ1v) is 7.69. The van der Waals surface area contributed by atoms with E-state index in [2.05, 4.69) is 44.3 Å². The van der Waals surface area contributed by atoms with E-state index in [1.807, 2.05) is 12.1 Å². The minimum atomic E-state index is -0.181. The molecule has 1 atom stereocenters. The van der Waals surface area contributed by atoms with Crippen molar-refractivity contribution in [2.75, 3.05) is 5.32 Å². The zero-order valence-electron chi connectivity index (χ0n) is 13.1. The SMILES string of the molecule is CCCCC(Nc1ccc(C)cc1C)c1ccc(F)cc1. The molecule has 0 fully saturated rings. The molecule has 0 spiro atoms. The summed E-state index contributed by atoms with van der Waals surface area (Å²) in [4.78, 5) is 0. The highest BCUT2D eigenvalue weighted by Gasteiger charge is 2.12. The van der Waals surface area contributed by atoms with Crippen LogP contribution in [-0.4, -0.2) is 0 Å². The van der Waals surface area contributed by atoms with Gasteiger partial charge in [-0.2, -0.15) is 0 Å². The quantitative estimate of drug-likeness (QED) is 0.708. The smallest absolute Gasteiger partial charge is 0.123 e. The summed E-state index contributed by atoms with van der Waals surface area (Å²) in [5.74, 6) is -0.181. The third-order valence-corrected chi connectivity index (χ3v) is 3.83. The van der Waals surface area contributed by atoms with Crippen molar-refractivity contribution in [2.45, 2.75) is 46.1 Å². The third-order valence-electron chi connectivity index (χ3n) is 3.83. The van der Waals surface area contributed by atoms with Gasteiger partial charge in [0, 0.05) is 5.69 Å². The van der Waals surface area contributed by atoms with Gasteiger partial charge in [-0.15, -0.1) is 0 Å². The molecule has 0 bridgehead atoms. The van der Waals surface area contributed by atoms with Crippen LogP contribution in [-0.2, 0) is 0 Å². The van der Waals surface area contributed by atoms with Crippen LogP contribution in [0.4, 0.5) is 10.1 Å². The Morgan fingerprint density at radius 1 is 1.05 bits per heavy atom. The molecule has 2 aromatic rings. The number of halogens is 1. The van der Waals surface area contributed by atoms with E-state index in [0.717, 1.165) is 30.5 Å². The Bertz CT molecular complexity index is 575. The van der Waals surface area contributed by atoms with Crippen LogP contribution in [0.5, 0.6) is 0 Å². The van der Waals surface area contributed by atoms with Crippen molar-refractivity contribution in [3.8, 4) is 0 Å². The van der Waals surface area contributed by atoms with Crippen LogP contribution in [0, 0.1) is 19.7 Å². The molecule has 1 unspecified atom stereocenters. The first kappa shape index (κ1) is 15.6. The van der Waals surface area contributed by atoms with Crippen LogP contribution in [0.15, 0.2) is 42.5 Å². The Morgan fingerprint density at radius 2 is 1.76 bits per heavy atom. The monoisotopic (exact) mass is 285 g/mol. The molecule has 0 radical (unpaired) electrons. The molecule has 0 heterocycles. The molecular weight excluding hydrogens is 261 g/mol. The third kappa shape index (κ3) is 4.32. The number of anilines is 1. The number of aryl methyl sites for hydroxylation is 2. The van der Waals surface area contributed by atoms with E-state index in [0.29, 0.717) is 0 Å². The Kier molecular flexibility index (Phi) is 5.38. The lowest BCUT2D eigenvalue weighted by atomic mass is 10.00. The average molecular weight is 285 g/mol. The molecule has 112 valence electrons. The summed E-state index contributed by atoms with van der Waals surface area (Å²) in [5.41, 5.74) is 4.82. The maximum absolute atomic E-state index is 13.1. The Morgan fingerprint density at radius 3 is 2.38 bits per heavy atom. The molecule has 0 aliphatic carbocycles. The number of rotatable bonds is 6. The molecule has 0 aromatic heterocycles. The second-order valence-electron chi connectivity index (χ2n) is 5.71. The van der Waals surface area contributed by atoms with Gasteiger partial charge in [0.1, 0.15) is 5.82 Å². The minimum absolute atomic E-state index is 0.181. The van der Waals surface area contributed by atoms with Crippen LogP contribution in [0.25, 0.3) is 0 Å². The molecule has 0 amide bonds. The fourth-order valence-corrected chi connectivity index (χ4v) is 2.59. The van der Waals surface area contributed by atoms with Gasteiger partial charge >= 0.3 is 0 Å². The molecule has 2 heteroatoms. The van der Waals surface area contributed by atoms with Crippen molar-refractivity contribution in [1.82, 2.24) is 0 Å². The van der Waals surface area contributed by atoms with E-state index in [1.54, 1.807) is 0 Å². The number of benzene rings is 2. The van der Waals surface area contributed by atoms with Gasteiger partial charge in [0.05, 0.1) is 6.04 Å². The Balaban J connectivity index is 2.21. The van der Waals surface area contributed by atoms with Crippen molar-refractivity contribution in [1.29, 1.82) is 0 Å². The first-order valence-electron chi connectivity index (χ1n) is 7.69. The topological polar surface area (TPSA) is 12.0 Å². The predicted molar refractivity (Wildman–Crippen MR) is 88.2 cm³/mol. The van der Waals surface area contributed by atoms with E-state index in [1.165, 1.54) is 23.3 Å². The Hall–Kier alpha value is -1.83. The summed E-state index contributed by atoms with van der Waals surface area (Å²) in [7, 11) is 0. The van der Waals surface area contributed by atoms with Gasteiger partial charge in [0.15, 0.2) is 0 Å².